The summed E-state index contributed by atoms with van der Waals surface area (Å²) in [5.74, 6) is -1.07. The van der Waals surface area contributed by atoms with Gasteiger partial charge in [-0.3, -0.25) is 4.79 Å². The molecule has 0 atom stereocenters. The Labute approximate surface area is 83.4 Å². The minimum atomic E-state index is -1.03. The Hall–Kier alpha value is -1.52. The van der Waals surface area contributed by atoms with Gasteiger partial charge in [-0.05, 0) is 13.8 Å². The Morgan fingerprint density at radius 2 is 1.93 bits per heavy atom. The first-order valence-corrected chi connectivity index (χ1v) is 4.52. The van der Waals surface area contributed by atoms with Gasteiger partial charge in [-0.1, -0.05) is 0 Å². The van der Waals surface area contributed by atoms with Crippen molar-refractivity contribution in [1.29, 1.82) is 0 Å². The van der Waals surface area contributed by atoms with Crippen LogP contribution in [0.15, 0.2) is 12.3 Å². The van der Waals surface area contributed by atoms with Crippen LogP contribution in [-0.4, -0.2) is 41.5 Å². The number of carbonyl (C=O) groups excluding carboxylic acids is 1. The van der Waals surface area contributed by atoms with E-state index in [-0.39, 0.29) is 12.5 Å². The lowest BCUT2D eigenvalue weighted by Crippen LogP contribution is -2.36. The molecule has 0 heterocycles. The minimum Gasteiger partial charge on any atom is -0.478 e. The van der Waals surface area contributed by atoms with E-state index >= 15 is 0 Å². The van der Waals surface area contributed by atoms with Crippen LogP contribution in [0.4, 0.5) is 0 Å². The van der Waals surface area contributed by atoms with E-state index in [2.05, 4.69) is 5.32 Å². The van der Waals surface area contributed by atoms with E-state index in [0.717, 1.165) is 6.08 Å². The van der Waals surface area contributed by atoms with Crippen LogP contribution in [0, 0.1) is 0 Å². The summed E-state index contributed by atoms with van der Waals surface area (Å²) in [6.45, 7) is 5.26. The number of carboxylic acids is 1. The molecule has 0 unspecified atom stereocenters. The quantitative estimate of drug-likeness (QED) is 0.594. The molecule has 0 bridgehead atoms. The normalized spacial score (nSPS) is 10.1. The van der Waals surface area contributed by atoms with Crippen LogP contribution >= 0.6 is 0 Å². The van der Waals surface area contributed by atoms with Crippen LogP contribution in [0.1, 0.15) is 13.8 Å². The first-order chi connectivity index (χ1) is 6.61. The van der Waals surface area contributed by atoms with Crippen LogP contribution < -0.4 is 5.32 Å². The topological polar surface area (TPSA) is 69.6 Å². The molecule has 0 aliphatic rings. The molecular formula is C9H16N2O3. The minimum absolute atomic E-state index is 0.0370. The van der Waals surface area contributed by atoms with Gasteiger partial charge < -0.3 is 15.3 Å². The van der Waals surface area contributed by atoms with Gasteiger partial charge in [0.15, 0.2) is 0 Å². The van der Waals surface area contributed by atoms with Crippen molar-refractivity contribution in [2.45, 2.75) is 13.8 Å². The number of nitrogens with one attached hydrogen (secondary N) is 1. The van der Waals surface area contributed by atoms with Crippen molar-refractivity contribution < 1.29 is 14.7 Å². The summed E-state index contributed by atoms with van der Waals surface area (Å²) in [7, 11) is 0. The molecule has 14 heavy (non-hydrogen) atoms. The van der Waals surface area contributed by atoms with E-state index in [1.54, 1.807) is 4.90 Å². The third-order valence-corrected chi connectivity index (χ3v) is 1.71. The highest BCUT2D eigenvalue weighted by Gasteiger charge is 2.06. The smallest absolute Gasteiger partial charge is 0.329 e. The molecule has 5 heteroatoms. The van der Waals surface area contributed by atoms with Gasteiger partial charge in [0.05, 0.1) is 6.54 Å². The molecule has 1 amide bonds. The highest BCUT2D eigenvalue weighted by molar-refractivity contribution is 5.80. The lowest BCUT2D eigenvalue weighted by Gasteiger charge is -2.18. The van der Waals surface area contributed by atoms with E-state index in [1.807, 2.05) is 13.8 Å². The van der Waals surface area contributed by atoms with Gasteiger partial charge >= 0.3 is 5.97 Å². The molecular weight excluding hydrogens is 184 g/mol. The molecule has 0 rings (SSSR count). The van der Waals surface area contributed by atoms with Gasteiger partial charge in [0.25, 0.3) is 0 Å². The Morgan fingerprint density at radius 3 is 2.36 bits per heavy atom. The van der Waals surface area contributed by atoms with Crippen molar-refractivity contribution >= 4 is 11.9 Å². The number of carboxylic acid groups (broad SMARTS) is 1. The van der Waals surface area contributed by atoms with E-state index in [4.69, 9.17) is 5.11 Å². The van der Waals surface area contributed by atoms with Gasteiger partial charge in [0.2, 0.25) is 5.91 Å². The third kappa shape index (κ3) is 5.18. The molecule has 0 spiro atoms. The second-order valence-corrected chi connectivity index (χ2v) is 2.62. The Morgan fingerprint density at radius 1 is 1.36 bits per heavy atom. The van der Waals surface area contributed by atoms with E-state index in [9.17, 15) is 9.59 Å². The second-order valence-electron chi connectivity index (χ2n) is 2.62. The molecule has 5 nitrogen and oxygen atoms in total. The molecule has 0 aliphatic heterocycles. The lowest BCUT2D eigenvalue weighted by molar-refractivity contribution is -0.132. The van der Waals surface area contributed by atoms with Crippen LogP contribution in [-0.2, 0) is 9.59 Å². The molecule has 0 saturated carbocycles. The lowest BCUT2D eigenvalue weighted by atomic mass is 10.4. The predicted molar refractivity (Wildman–Crippen MR) is 52.7 cm³/mol. The number of rotatable bonds is 6. The summed E-state index contributed by atoms with van der Waals surface area (Å²) < 4.78 is 0. The fraction of sp³-hybridized carbons (Fsp3) is 0.556. The maximum atomic E-state index is 11.3. The van der Waals surface area contributed by atoms with Crippen molar-refractivity contribution in [3.05, 3.63) is 12.3 Å². The first-order valence-electron chi connectivity index (χ1n) is 4.52. The SMILES string of the molecule is CCN(CC)C(=O)CN/C=C/C(=O)O. The number of nitrogens with zero attached hydrogens (tertiary/aromatic N) is 1. The zero-order valence-corrected chi connectivity index (χ0v) is 8.49. The highest BCUT2D eigenvalue weighted by atomic mass is 16.4. The third-order valence-electron chi connectivity index (χ3n) is 1.71. The molecule has 0 aromatic heterocycles. The number of likely N-dealkylation sites (N-methyl/N-ethyl adjacent to an activating group) is 1. The summed E-state index contributed by atoms with van der Waals surface area (Å²) in [5.41, 5.74) is 0. The molecule has 0 aromatic carbocycles. The van der Waals surface area contributed by atoms with Crippen LogP contribution in [0.25, 0.3) is 0 Å². The maximum Gasteiger partial charge on any atom is 0.329 e. The standard InChI is InChI=1S/C9H16N2O3/c1-3-11(4-2)8(12)7-10-6-5-9(13)14/h5-6,10H,3-4,7H2,1-2H3,(H,13,14)/b6-5+. The molecule has 0 fully saturated rings. The summed E-state index contributed by atoms with van der Waals surface area (Å²) in [4.78, 5) is 23.1. The number of amides is 1. The van der Waals surface area contributed by atoms with Crippen molar-refractivity contribution in [3.8, 4) is 0 Å². The first kappa shape index (κ1) is 12.5. The van der Waals surface area contributed by atoms with Gasteiger partial charge in [0, 0.05) is 25.4 Å². The summed E-state index contributed by atoms with van der Waals surface area (Å²) in [5, 5.41) is 10.9. The van der Waals surface area contributed by atoms with Crippen molar-refractivity contribution in [1.82, 2.24) is 10.2 Å². The summed E-state index contributed by atoms with van der Waals surface area (Å²) in [6.07, 6.45) is 2.21. The largest absolute Gasteiger partial charge is 0.478 e. The monoisotopic (exact) mass is 200 g/mol. The average Bonchev–Trinajstić information content (AvgIpc) is 2.14. The van der Waals surface area contributed by atoms with Crippen molar-refractivity contribution in [2.24, 2.45) is 0 Å². The van der Waals surface area contributed by atoms with Crippen molar-refractivity contribution in [2.75, 3.05) is 19.6 Å². The molecule has 0 aromatic rings. The Bertz CT molecular complexity index is 222. The van der Waals surface area contributed by atoms with Crippen LogP contribution in [0.2, 0.25) is 0 Å². The van der Waals surface area contributed by atoms with E-state index < -0.39 is 5.97 Å². The molecule has 2 N–H and O–H groups in total. The Balaban J connectivity index is 3.78. The molecule has 0 saturated heterocycles. The zero-order valence-electron chi connectivity index (χ0n) is 8.49. The average molecular weight is 200 g/mol. The highest BCUT2D eigenvalue weighted by Crippen LogP contribution is 1.86. The van der Waals surface area contributed by atoms with E-state index in [1.165, 1.54) is 6.20 Å². The van der Waals surface area contributed by atoms with Crippen molar-refractivity contribution in [3.63, 3.8) is 0 Å². The number of hydrogen-bond acceptors (Lipinski definition) is 3. The molecule has 0 aliphatic carbocycles. The van der Waals surface area contributed by atoms with Crippen LogP contribution in [0.3, 0.4) is 0 Å². The number of hydrogen-bond donors (Lipinski definition) is 2. The molecule has 0 radical (unpaired) electrons. The van der Waals surface area contributed by atoms with Gasteiger partial charge in [-0.25, -0.2) is 4.79 Å². The fourth-order valence-corrected chi connectivity index (χ4v) is 0.965. The van der Waals surface area contributed by atoms with Gasteiger partial charge in [0.1, 0.15) is 0 Å². The number of aliphatic carboxylic acids is 1. The summed E-state index contributed by atoms with van der Waals surface area (Å²) >= 11 is 0. The maximum absolute atomic E-state index is 11.3. The van der Waals surface area contributed by atoms with Crippen LogP contribution in [0.5, 0.6) is 0 Å². The predicted octanol–water partition coefficient (Wildman–Crippen LogP) is 0.0427. The second kappa shape index (κ2) is 6.94. The Kier molecular flexibility index (Phi) is 6.19. The molecule has 80 valence electrons. The van der Waals surface area contributed by atoms with Gasteiger partial charge in [-0.2, -0.15) is 0 Å². The summed E-state index contributed by atoms with van der Waals surface area (Å²) in [6, 6.07) is 0. The number of carbonyl (C=O) groups is 2. The fourth-order valence-electron chi connectivity index (χ4n) is 0.965. The zero-order chi connectivity index (χ0) is 11.0. The van der Waals surface area contributed by atoms with Gasteiger partial charge in [-0.15, -0.1) is 0 Å². The van der Waals surface area contributed by atoms with E-state index in [0.29, 0.717) is 13.1 Å².